The predicted octanol–water partition coefficient (Wildman–Crippen LogP) is 6.64. The molecule has 164 valence electrons. The van der Waals surface area contributed by atoms with Gasteiger partial charge in [-0.3, -0.25) is 4.79 Å². The van der Waals surface area contributed by atoms with Gasteiger partial charge in [0.15, 0.2) is 0 Å². The highest BCUT2D eigenvalue weighted by atomic mass is 16.2. The Labute approximate surface area is 195 Å². The molecule has 4 aromatic carbocycles. The Hall–Kier alpha value is -4.10. The van der Waals surface area contributed by atoms with Gasteiger partial charge in [-0.15, -0.1) is 0 Å². The van der Waals surface area contributed by atoms with Gasteiger partial charge in [0.2, 0.25) is 0 Å². The van der Waals surface area contributed by atoms with Crippen molar-refractivity contribution in [3.8, 4) is 17.2 Å². The minimum Gasteiger partial charge on any atom is -0.385 e. The van der Waals surface area contributed by atoms with Crippen LogP contribution < -0.4 is 5.32 Å². The Balaban J connectivity index is 1.55. The molecule has 1 N–H and O–H groups in total. The van der Waals surface area contributed by atoms with Gasteiger partial charge in [-0.25, -0.2) is 0 Å². The number of carbonyl (C=O) groups excluding carboxylic acids is 1. The molecule has 0 aliphatic rings. The summed E-state index contributed by atoms with van der Waals surface area (Å²) in [5, 5.41) is 14.6. The van der Waals surface area contributed by atoms with E-state index in [1.165, 1.54) is 0 Å². The van der Waals surface area contributed by atoms with Crippen LogP contribution in [0.25, 0.3) is 21.9 Å². The number of carbonyl (C=O) groups is 1. The van der Waals surface area contributed by atoms with Crippen molar-refractivity contribution in [3.63, 3.8) is 0 Å². The van der Waals surface area contributed by atoms with E-state index in [1.807, 2.05) is 43.4 Å². The molecule has 1 unspecified atom stereocenters. The van der Waals surface area contributed by atoms with Crippen molar-refractivity contribution in [2.45, 2.75) is 19.9 Å². The molecular weight excluding hydrogens is 406 g/mol. The maximum atomic E-state index is 13.2. The first kappa shape index (κ1) is 22.1. The summed E-state index contributed by atoms with van der Waals surface area (Å²) in [6.45, 7) is 5.03. The molecule has 0 aromatic heterocycles. The highest BCUT2D eigenvalue weighted by Crippen LogP contribution is 2.30. The van der Waals surface area contributed by atoms with Gasteiger partial charge in [-0.2, -0.15) is 5.26 Å². The molecular formula is C29H27N3O. The highest BCUT2D eigenvalue weighted by Gasteiger charge is 2.20. The van der Waals surface area contributed by atoms with E-state index in [2.05, 4.69) is 61.6 Å². The Morgan fingerprint density at radius 3 is 2.27 bits per heavy atom. The van der Waals surface area contributed by atoms with Crippen LogP contribution in [0.15, 0.2) is 84.9 Å². The van der Waals surface area contributed by atoms with Gasteiger partial charge < -0.3 is 10.2 Å². The lowest BCUT2D eigenvalue weighted by Gasteiger charge is -2.27. The van der Waals surface area contributed by atoms with E-state index < -0.39 is 0 Å². The number of anilines is 1. The molecule has 0 bridgehead atoms. The SMILES string of the molecule is CCNc1ccc2c(C(C)N(C)C(=O)c3ccc(-c4ccc(C#N)cc4)cc3)cccc2c1. The lowest BCUT2D eigenvalue weighted by atomic mass is 9.97. The van der Waals surface area contributed by atoms with E-state index in [9.17, 15) is 4.79 Å². The van der Waals surface area contributed by atoms with Crippen molar-refractivity contribution in [2.24, 2.45) is 0 Å². The lowest BCUT2D eigenvalue weighted by Crippen LogP contribution is -2.29. The van der Waals surface area contributed by atoms with Gasteiger partial charge in [0.05, 0.1) is 17.7 Å². The number of nitrogens with zero attached hydrogens (tertiary/aromatic N) is 2. The largest absolute Gasteiger partial charge is 0.385 e. The number of nitrogens with one attached hydrogen (secondary N) is 1. The van der Waals surface area contributed by atoms with E-state index >= 15 is 0 Å². The van der Waals surface area contributed by atoms with E-state index in [0.29, 0.717) is 11.1 Å². The topological polar surface area (TPSA) is 56.1 Å². The summed E-state index contributed by atoms with van der Waals surface area (Å²) in [6.07, 6.45) is 0. The summed E-state index contributed by atoms with van der Waals surface area (Å²) < 4.78 is 0. The quantitative estimate of drug-likeness (QED) is 0.371. The fourth-order valence-corrected chi connectivity index (χ4v) is 4.12. The predicted molar refractivity (Wildman–Crippen MR) is 135 cm³/mol. The Morgan fingerprint density at radius 1 is 0.970 bits per heavy atom. The first-order chi connectivity index (χ1) is 16.0. The first-order valence-corrected chi connectivity index (χ1v) is 11.2. The first-order valence-electron chi connectivity index (χ1n) is 11.2. The van der Waals surface area contributed by atoms with E-state index in [-0.39, 0.29) is 11.9 Å². The lowest BCUT2D eigenvalue weighted by molar-refractivity contribution is 0.0743. The summed E-state index contributed by atoms with van der Waals surface area (Å²) in [5.74, 6) is -0.0184. The minimum atomic E-state index is -0.0793. The van der Waals surface area contributed by atoms with Crippen molar-refractivity contribution in [2.75, 3.05) is 18.9 Å². The van der Waals surface area contributed by atoms with Gasteiger partial charge in [0, 0.05) is 24.8 Å². The zero-order valence-corrected chi connectivity index (χ0v) is 19.2. The normalized spacial score (nSPS) is 11.6. The molecule has 4 heteroatoms. The fraction of sp³-hybridized carbons (Fsp3) is 0.172. The van der Waals surface area contributed by atoms with Crippen LogP contribution in [0, 0.1) is 11.3 Å². The zero-order chi connectivity index (χ0) is 23.4. The standard InChI is InChI=1S/C29H27N3O/c1-4-31-26-16-17-28-25(18-26)6-5-7-27(28)20(2)32(3)29(33)24-14-12-23(13-15-24)22-10-8-21(19-30)9-11-22/h5-18,20,31H,4H2,1-3H3. The monoisotopic (exact) mass is 433 g/mol. The second-order valence-electron chi connectivity index (χ2n) is 8.17. The number of hydrogen-bond acceptors (Lipinski definition) is 3. The average Bonchev–Trinajstić information content (AvgIpc) is 2.87. The summed E-state index contributed by atoms with van der Waals surface area (Å²) in [6, 6.07) is 29.8. The van der Waals surface area contributed by atoms with Crippen molar-refractivity contribution in [3.05, 3.63) is 102 Å². The Kier molecular flexibility index (Phi) is 6.42. The van der Waals surface area contributed by atoms with Gasteiger partial charge in [0.1, 0.15) is 0 Å². The number of nitriles is 1. The number of rotatable bonds is 6. The molecule has 0 spiro atoms. The molecule has 0 heterocycles. The van der Waals surface area contributed by atoms with Crippen LogP contribution in [-0.4, -0.2) is 24.4 Å². The van der Waals surface area contributed by atoms with E-state index in [0.717, 1.165) is 39.7 Å². The molecule has 0 saturated carbocycles. The van der Waals surface area contributed by atoms with Crippen LogP contribution >= 0.6 is 0 Å². The minimum absolute atomic E-state index is 0.0184. The third kappa shape index (κ3) is 4.58. The molecule has 0 saturated heterocycles. The maximum Gasteiger partial charge on any atom is 0.254 e. The van der Waals surface area contributed by atoms with Crippen LogP contribution in [0.3, 0.4) is 0 Å². The number of amides is 1. The zero-order valence-electron chi connectivity index (χ0n) is 19.2. The fourth-order valence-electron chi connectivity index (χ4n) is 4.12. The third-order valence-electron chi connectivity index (χ3n) is 6.13. The molecule has 1 atom stereocenters. The third-order valence-corrected chi connectivity index (χ3v) is 6.13. The molecule has 0 radical (unpaired) electrons. The Bertz CT molecular complexity index is 1320. The smallest absolute Gasteiger partial charge is 0.254 e. The van der Waals surface area contributed by atoms with Crippen molar-refractivity contribution < 1.29 is 4.79 Å². The van der Waals surface area contributed by atoms with Crippen LogP contribution in [0.5, 0.6) is 0 Å². The van der Waals surface area contributed by atoms with E-state index in [1.54, 1.807) is 17.0 Å². The number of hydrogen-bond donors (Lipinski definition) is 1. The number of fused-ring (bicyclic) bond motifs is 1. The molecule has 0 aliphatic carbocycles. The summed E-state index contributed by atoms with van der Waals surface area (Å²) >= 11 is 0. The van der Waals surface area contributed by atoms with Crippen molar-refractivity contribution in [1.82, 2.24) is 4.90 Å². The summed E-state index contributed by atoms with van der Waals surface area (Å²) in [7, 11) is 1.85. The molecule has 0 aliphatic heterocycles. The molecule has 4 rings (SSSR count). The van der Waals surface area contributed by atoms with Crippen molar-refractivity contribution >= 4 is 22.4 Å². The van der Waals surface area contributed by atoms with Gasteiger partial charge in [0.25, 0.3) is 5.91 Å². The Morgan fingerprint density at radius 2 is 1.64 bits per heavy atom. The molecule has 1 amide bonds. The van der Waals surface area contributed by atoms with Gasteiger partial charge in [-0.05, 0) is 77.7 Å². The van der Waals surface area contributed by atoms with Crippen LogP contribution in [0.4, 0.5) is 5.69 Å². The second-order valence-corrected chi connectivity index (χ2v) is 8.17. The molecule has 4 aromatic rings. The molecule has 4 nitrogen and oxygen atoms in total. The van der Waals surface area contributed by atoms with Gasteiger partial charge in [-0.1, -0.05) is 48.5 Å². The summed E-state index contributed by atoms with van der Waals surface area (Å²) in [4.78, 5) is 15.0. The van der Waals surface area contributed by atoms with Crippen LogP contribution in [0.1, 0.15) is 41.4 Å². The maximum absolute atomic E-state index is 13.2. The summed E-state index contributed by atoms with van der Waals surface area (Å²) in [5.41, 5.74) is 5.53. The second kappa shape index (κ2) is 9.58. The number of benzene rings is 4. The van der Waals surface area contributed by atoms with Crippen LogP contribution in [-0.2, 0) is 0 Å². The molecule has 0 fully saturated rings. The van der Waals surface area contributed by atoms with Gasteiger partial charge >= 0.3 is 0 Å². The van der Waals surface area contributed by atoms with Crippen LogP contribution in [0.2, 0.25) is 0 Å². The van der Waals surface area contributed by atoms with E-state index in [4.69, 9.17) is 5.26 Å². The van der Waals surface area contributed by atoms with Crippen molar-refractivity contribution in [1.29, 1.82) is 5.26 Å². The average molecular weight is 434 g/mol. The highest BCUT2D eigenvalue weighted by molar-refractivity contribution is 5.95. The molecule has 33 heavy (non-hydrogen) atoms.